The Balaban J connectivity index is 2.15. The van der Waals surface area contributed by atoms with Crippen LogP contribution in [-0.2, 0) is 6.54 Å². The average Bonchev–Trinajstić information content (AvgIpc) is 2.41. The van der Waals surface area contributed by atoms with Gasteiger partial charge in [0.15, 0.2) is 0 Å². The predicted octanol–water partition coefficient (Wildman–Crippen LogP) is 3.44. The molecule has 3 nitrogen and oxygen atoms in total. The first-order valence-corrected chi connectivity index (χ1v) is 6.57. The van der Waals surface area contributed by atoms with Gasteiger partial charge in [-0.3, -0.25) is 0 Å². The molecule has 2 N–H and O–H groups in total. The number of nitrogen functional groups attached to an aromatic ring is 1. The lowest BCUT2D eigenvalue weighted by atomic mass is 10.2. The van der Waals surface area contributed by atoms with E-state index in [1.807, 2.05) is 31.0 Å². The van der Waals surface area contributed by atoms with E-state index in [2.05, 4.69) is 0 Å². The molecule has 0 aliphatic carbocycles. The maximum absolute atomic E-state index is 12.9. The molecule has 0 aliphatic heterocycles. The minimum atomic E-state index is -0.223. The normalized spacial score (nSPS) is 10.3. The number of anilines is 2. The summed E-state index contributed by atoms with van der Waals surface area (Å²) in [5.74, 6) is 0.535. The van der Waals surface area contributed by atoms with Crippen molar-refractivity contribution < 1.29 is 9.13 Å². The molecule has 0 amide bonds. The molecule has 0 aliphatic rings. The summed E-state index contributed by atoms with van der Waals surface area (Å²) in [5, 5.41) is 0. The van der Waals surface area contributed by atoms with Gasteiger partial charge in [-0.25, -0.2) is 4.39 Å². The Labute approximate surface area is 118 Å². The molecule has 0 atom stereocenters. The molecule has 2 aromatic carbocycles. The summed E-state index contributed by atoms with van der Waals surface area (Å²) in [6, 6.07) is 12.1. The Morgan fingerprint density at radius 3 is 2.50 bits per heavy atom. The predicted molar refractivity (Wildman–Crippen MR) is 80.5 cm³/mol. The Bertz CT molecular complexity index is 569. The van der Waals surface area contributed by atoms with Crippen LogP contribution in [-0.4, -0.2) is 13.7 Å². The quantitative estimate of drug-likeness (QED) is 0.849. The molecular weight excluding hydrogens is 255 g/mol. The first kappa shape index (κ1) is 14.2. The van der Waals surface area contributed by atoms with E-state index in [0.717, 1.165) is 17.0 Å². The fraction of sp³-hybridized carbons (Fsp3) is 0.250. The van der Waals surface area contributed by atoms with Gasteiger partial charge in [0.25, 0.3) is 0 Å². The zero-order valence-corrected chi connectivity index (χ0v) is 11.8. The van der Waals surface area contributed by atoms with Crippen molar-refractivity contribution in [3.05, 3.63) is 53.8 Å². The summed E-state index contributed by atoms with van der Waals surface area (Å²) in [6.45, 7) is 3.21. The third kappa shape index (κ3) is 3.63. The summed E-state index contributed by atoms with van der Waals surface area (Å²) in [6.07, 6.45) is 0. The van der Waals surface area contributed by atoms with Gasteiger partial charge >= 0.3 is 0 Å². The van der Waals surface area contributed by atoms with Gasteiger partial charge in [0.2, 0.25) is 0 Å². The second kappa shape index (κ2) is 6.28. The van der Waals surface area contributed by atoms with Gasteiger partial charge in [-0.2, -0.15) is 0 Å². The third-order valence-corrected chi connectivity index (χ3v) is 3.00. The van der Waals surface area contributed by atoms with E-state index in [4.69, 9.17) is 10.5 Å². The first-order chi connectivity index (χ1) is 9.58. The number of ether oxygens (including phenoxy) is 1. The monoisotopic (exact) mass is 274 g/mol. The Kier molecular flexibility index (Phi) is 4.45. The number of hydrogen-bond acceptors (Lipinski definition) is 3. The Hall–Kier alpha value is -2.23. The van der Waals surface area contributed by atoms with E-state index >= 15 is 0 Å². The molecule has 0 fully saturated rings. The molecule has 0 heterocycles. The van der Waals surface area contributed by atoms with E-state index in [1.54, 1.807) is 18.2 Å². The number of nitrogens with zero attached hydrogens (tertiary/aromatic N) is 1. The fourth-order valence-electron chi connectivity index (χ4n) is 2.03. The van der Waals surface area contributed by atoms with E-state index in [0.29, 0.717) is 18.8 Å². The van der Waals surface area contributed by atoms with Gasteiger partial charge in [-0.1, -0.05) is 12.1 Å². The van der Waals surface area contributed by atoms with Crippen molar-refractivity contribution in [1.29, 1.82) is 0 Å². The highest BCUT2D eigenvalue weighted by Gasteiger charge is 2.06. The van der Waals surface area contributed by atoms with Crippen molar-refractivity contribution in [3.8, 4) is 5.75 Å². The average molecular weight is 274 g/mol. The highest BCUT2D eigenvalue weighted by Crippen LogP contribution is 2.26. The molecular formula is C16H19FN2O. The molecule has 4 heteroatoms. The van der Waals surface area contributed by atoms with Crippen molar-refractivity contribution in [1.82, 2.24) is 0 Å². The lowest BCUT2D eigenvalue weighted by Crippen LogP contribution is -2.16. The molecule has 20 heavy (non-hydrogen) atoms. The van der Waals surface area contributed by atoms with E-state index in [1.165, 1.54) is 12.1 Å². The molecule has 2 aromatic rings. The second-order valence-corrected chi connectivity index (χ2v) is 4.68. The van der Waals surface area contributed by atoms with Crippen LogP contribution in [0.3, 0.4) is 0 Å². The van der Waals surface area contributed by atoms with E-state index in [9.17, 15) is 4.39 Å². The van der Waals surface area contributed by atoms with Crippen molar-refractivity contribution in [3.63, 3.8) is 0 Å². The van der Waals surface area contributed by atoms with Gasteiger partial charge in [0.05, 0.1) is 6.61 Å². The summed E-state index contributed by atoms with van der Waals surface area (Å²) in [7, 11) is 1.97. The highest BCUT2D eigenvalue weighted by molar-refractivity contribution is 5.60. The van der Waals surface area contributed by atoms with Crippen LogP contribution in [0.15, 0.2) is 42.5 Å². The summed E-state index contributed by atoms with van der Waals surface area (Å²) in [4.78, 5) is 2.05. The van der Waals surface area contributed by atoms with Gasteiger partial charge in [-0.15, -0.1) is 0 Å². The minimum absolute atomic E-state index is 0.223. The molecule has 0 radical (unpaired) electrons. The van der Waals surface area contributed by atoms with Crippen LogP contribution in [0.4, 0.5) is 15.8 Å². The molecule has 0 spiro atoms. The number of halogens is 1. The number of benzene rings is 2. The smallest absolute Gasteiger partial charge is 0.123 e. The largest absolute Gasteiger partial charge is 0.494 e. The molecule has 0 bridgehead atoms. The van der Waals surface area contributed by atoms with Crippen LogP contribution < -0.4 is 15.4 Å². The van der Waals surface area contributed by atoms with Crippen molar-refractivity contribution in [2.45, 2.75) is 13.5 Å². The fourth-order valence-corrected chi connectivity index (χ4v) is 2.03. The lowest BCUT2D eigenvalue weighted by Gasteiger charge is -2.21. The summed E-state index contributed by atoms with van der Waals surface area (Å²) < 4.78 is 18.4. The van der Waals surface area contributed by atoms with Crippen molar-refractivity contribution in [2.75, 3.05) is 24.3 Å². The van der Waals surface area contributed by atoms with Crippen LogP contribution in [0.5, 0.6) is 5.75 Å². The Morgan fingerprint density at radius 2 is 1.85 bits per heavy atom. The highest BCUT2D eigenvalue weighted by atomic mass is 19.1. The third-order valence-electron chi connectivity index (χ3n) is 3.00. The first-order valence-electron chi connectivity index (χ1n) is 6.57. The molecule has 0 aromatic heterocycles. The van der Waals surface area contributed by atoms with Crippen LogP contribution in [0.25, 0.3) is 0 Å². The van der Waals surface area contributed by atoms with Crippen molar-refractivity contribution in [2.24, 2.45) is 0 Å². The standard InChI is InChI=1S/C16H19FN2O/c1-3-20-16-9-14(18)8-15(10-16)19(2)11-12-4-6-13(17)7-5-12/h4-10H,3,11,18H2,1-2H3. The maximum atomic E-state index is 12.9. The lowest BCUT2D eigenvalue weighted by molar-refractivity contribution is 0.340. The zero-order chi connectivity index (χ0) is 14.5. The topological polar surface area (TPSA) is 38.5 Å². The summed E-state index contributed by atoms with van der Waals surface area (Å²) >= 11 is 0. The second-order valence-electron chi connectivity index (χ2n) is 4.68. The minimum Gasteiger partial charge on any atom is -0.494 e. The molecule has 0 saturated heterocycles. The van der Waals surface area contributed by atoms with E-state index in [-0.39, 0.29) is 5.82 Å². The Morgan fingerprint density at radius 1 is 1.15 bits per heavy atom. The zero-order valence-electron chi connectivity index (χ0n) is 11.8. The maximum Gasteiger partial charge on any atom is 0.123 e. The molecule has 106 valence electrons. The number of rotatable bonds is 5. The van der Waals surface area contributed by atoms with Crippen molar-refractivity contribution >= 4 is 11.4 Å². The van der Waals surface area contributed by atoms with E-state index < -0.39 is 0 Å². The van der Waals surface area contributed by atoms with Crippen LogP contribution in [0.1, 0.15) is 12.5 Å². The molecule has 0 saturated carbocycles. The molecule has 2 rings (SSSR count). The van der Waals surface area contributed by atoms with Gasteiger partial charge < -0.3 is 15.4 Å². The van der Waals surface area contributed by atoms with Gasteiger partial charge in [-0.05, 0) is 30.7 Å². The van der Waals surface area contributed by atoms with Crippen LogP contribution >= 0.6 is 0 Å². The van der Waals surface area contributed by atoms with Crippen LogP contribution in [0.2, 0.25) is 0 Å². The molecule has 0 unspecified atom stereocenters. The van der Waals surface area contributed by atoms with Crippen LogP contribution in [0, 0.1) is 5.82 Å². The SMILES string of the molecule is CCOc1cc(N)cc(N(C)Cc2ccc(F)cc2)c1. The summed E-state index contributed by atoms with van der Waals surface area (Å²) in [5.41, 5.74) is 8.55. The number of nitrogens with two attached hydrogens (primary N) is 1. The van der Waals surface area contributed by atoms with Gasteiger partial charge in [0, 0.05) is 37.1 Å². The number of hydrogen-bond donors (Lipinski definition) is 1. The van der Waals surface area contributed by atoms with Gasteiger partial charge in [0.1, 0.15) is 11.6 Å².